The van der Waals surface area contributed by atoms with Gasteiger partial charge in [-0.05, 0) is 60.7 Å². The van der Waals surface area contributed by atoms with Gasteiger partial charge in [0, 0.05) is 0 Å². The largest absolute Gasteiger partial charge is 0.459 e. The molecule has 0 unspecified atom stereocenters. The number of ether oxygens (including phenoxy) is 1. The highest BCUT2D eigenvalue weighted by Gasteiger charge is 2.25. The molecular formula is C24H16N2O3S. The lowest BCUT2D eigenvalue weighted by Crippen LogP contribution is -2.25. The van der Waals surface area contributed by atoms with E-state index in [0.29, 0.717) is 16.6 Å². The van der Waals surface area contributed by atoms with Crippen LogP contribution in [0.5, 0.6) is 11.5 Å². The van der Waals surface area contributed by atoms with Crippen molar-refractivity contribution in [3.8, 4) is 11.5 Å². The minimum absolute atomic E-state index is 0.249. The van der Waals surface area contributed by atoms with Gasteiger partial charge in [0.1, 0.15) is 11.5 Å². The fourth-order valence-electron chi connectivity index (χ4n) is 3.07. The number of thiazole rings is 1. The van der Waals surface area contributed by atoms with Crippen molar-refractivity contribution in [2.24, 2.45) is 0 Å². The van der Waals surface area contributed by atoms with Crippen molar-refractivity contribution in [3.05, 3.63) is 103 Å². The highest BCUT2D eigenvalue weighted by molar-refractivity contribution is 7.22. The molecule has 1 amide bonds. The van der Waals surface area contributed by atoms with Gasteiger partial charge in [0.2, 0.25) is 0 Å². The molecule has 5 nitrogen and oxygen atoms in total. The predicted molar refractivity (Wildman–Crippen MR) is 118 cm³/mol. The van der Waals surface area contributed by atoms with Crippen molar-refractivity contribution in [2.45, 2.75) is 0 Å². The lowest BCUT2D eigenvalue weighted by Gasteiger charge is -2.19. The number of nitrogens with zero attached hydrogens (tertiary/aromatic N) is 2. The summed E-state index contributed by atoms with van der Waals surface area (Å²) in [5.41, 5.74) is 1.52. The molecule has 2 heterocycles. The van der Waals surface area contributed by atoms with Crippen molar-refractivity contribution in [1.82, 2.24) is 4.98 Å². The maximum Gasteiger partial charge on any atom is 0.300 e. The van der Waals surface area contributed by atoms with Crippen molar-refractivity contribution < 1.29 is 13.9 Å². The molecule has 0 fully saturated rings. The van der Waals surface area contributed by atoms with Crippen LogP contribution in [0.3, 0.4) is 0 Å². The molecule has 3 aromatic carbocycles. The van der Waals surface area contributed by atoms with E-state index in [1.807, 2.05) is 78.9 Å². The van der Waals surface area contributed by atoms with Crippen LogP contribution in [-0.2, 0) is 0 Å². The summed E-state index contributed by atoms with van der Waals surface area (Å²) in [5.74, 6) is 1.40. The molecule has 0 N–H and O–H groups in total. The summed E-state index contributed by atoms with van der Waals surface area (Å²) in [5, 5.41) is 0.578. The normalized spacial score (nSPS) is 10.8. The second-order valence-corrected chi connectivity index (χ2v) is 7.50. The van der Waals surface area contributed by atoms with Crippen LogP contribution in [0.4, 0.5) is 10.8 Å². The molecule has 5 rings (SSSR count). The van der Waals surface area contributed by atoms with Crippen LogP contribution in [0.15, 0.2) is 102 Å². The van der Waals surface area contributed by atoms with E-state index >= 15 is 0 Å². The number of para-hydroxylation sites is 2. The van der Waals surface area contributed by atoms with Gasteiger partial charge in [-0.3, -0.25) is 4.79 Å². The molecule has 5 aromatic rings. The van der Waals surface area contributed by atoms with Crippen molar-refractivity contribution >= 4 is 38.3 Å². The monoisotopic (exact) mass is 412 g/mol. The Morgan fingerprint density at radius 1 is 0.833 bits per heavy atom. The van der Waals surface area contributed by atoms with Gasteiger partial charge in [-0.1, -0.05) is 41.7 Å². The van der Waals surface area contributed by atoms with E-state index in [1.54, 1.807) is 17.0 Å². The lowest BCUT2D eigenvalue weighted by atomic mass is 10.2. The Morgan fingerprint density at radius 2 is 1.57 bits per heavy atom. The molecular weight excluding hydrogens is 396 g/mol. The van der Waals surface area contributed by atoms with Crippen LogP contribution < -0.4 is 9.64 Å². The molecule has 0 spiro atoms. The Morgan fingerprint density at radius 3 is 2.30 bits per heavy atom. The summed E-state index contributed by atoms with van der Waals surface area (Å²) < 4.78 is 12.2. The van der Waals surface area contributed by atoms with Gasteiger partial charge in [0.25, 0.3) is 5.91 Å². The second kappa shape index (κ2) is 7.85. The number of aromatic nitrogens is 1. The standard InChI is InChI=1S/C24H16N2O3S/c27-23(21-10-6-16-28-21)26(24-25-20-9-4-5-11-22(20)30-24)17-12-14-19(15-13-17)29-18-7-2-1-3-8-18/h1-16H. The minimum Gasteiger partial charge on any atom is -0.459 e. The molecule has 146 valence electrons. The predicted octanol–water partition coefficient (Wildman–Crippen LogP) is 6.66. The van der Waals surface area contributed by atoms with Crippen LogP contribution in [-0.4, -0.2) is 10.9 Å². The molecule has 0 radical (unpaired) electrons. The van der Waals surface area contributed by atoms with Gasteiger partial charge < -0.3 is 9.15 Å². The molecule has 30 heavy (non-hydrogen) atoms. The molecule has 0 aliphatic rings. The number of hydrogen-bond acceptors (Lipinski definition) is 5. The number of amides is 1. The van der Waals surface area contributed by atoms with Gasteiger partial charge in [0.15, 0.2) is 10.9 Å². The Balaban J connectivity index is 1.52. The van der Waals surface area contributed by atoms with Crippen molar-refractivity contribution in [1.29, 1.82) is 0 Å². The fourth-order valence-corrected chi connectivity index (χ4v) is 4.05. The van der Waals surface area contributed by atoms with Gasteiger partial charge in [-0.15, -0.1) is 0 Å². The van der Waals surface area contributed by atoms with Gasteiger partial charge in [-0.25, -0.2) is 9.88 Å². The van der Waals surface area contributed by atoms with Crippen LogP contribution in [0.25, 0.3) is 10.2 Å². The quantitative estimate of drug-likeness (QED) is 0.324. The number of hydrogen-bond donors (Lipinski definition) is 0. The van der Waals surface area contributed by atoms with Gasteiger partial charge in [0.05, 0.1) is 22.2 Å². The smallest absolute Gasteiger partial charge is 0.300 e. The number of fused-ring (bicyclic) bond motifs is 1. The van der Waals surface area contributed by atoms with E-state index in [0.717, 1.165) is 16.0 Å². The third-order valence-electron chi connectivity index (χ3n) is 4.48. The van der Waals surface area contributed by atoms with Crippen LogP contribution in [0.2, 0.25) is 0 Å². The summed E-state index contributed by atoms with van der Waals surface area (Å²) in [4.78, 5) is 19.5. The Kier molecular flexibility index (Phi) is 4.75. The number of furan rings is 1. The maximum absolute atomic E-state index is 13.2. The Hall–Kier alpha value is -3.90. The van der Waals surface area contributed by atoms with Crippen molar-refractivity contribution in [3.63, 3.8) is 0 Å². The van der Waals surface area contributed by atoms with E-state index in [-0.39, 0.29) is 11.7 Å². The lowest BCUT2D eigenvalue weighted by molar-refractivity contribution is 0.0973. The van der Waals surface area contributed by atoms with Crippen LogP contribution >= 0.6 is 11.3 Å². The summed E-state index contributed by atoms with van der Waals surface area (Å²) in [6.45, 7) is 0. The zero-order chi connectivity index (χ0) is 20.3. The highest BCUT2D eigenvalue weighted by atomic mass is 32.1. The van der Waals surface area contributed by atoms with Gasteiger partial charge >= 0.3 is 0 Å². The van der Waals surface area contributed by atoms with Gasteiger partial charge in [-0.2, -0.15) is 0 Å². The number of carbonyl (C=O) groups excluding carboxylic acids is 1. The number of carbonyl (C=O) groups is 1. The topological polar surface area (TPSA) is 55.6 Å². The minimum atomic E-state index is -0.282. The van der Waals surface area contributed by atoms with E-state index in [4.69, 9.17) is 9.15 Å². The van der Waals surface area contributed by atoms with E-state index in [9.17, 15) is 4.79 Å². The second-order valence-electron chi connectivity index (χ2n) is 6.49. The zero-order valence-corrected chi connectivity index (χ0v) is 16.6. The Labute approximate surface area is 176 Å². The number of rotatable bonds is 5. The first-order valence-electron chi connectivity index (χ1n) is 9.34. The third kappa shape index (κ3) is 3.56. The van der Waals surface area contributed by atoms with E-state index < -0.39 is 0 Å². The SMILES string of the molecule is O=C(c1ccco1)N(c1ccc(Oc2ccccc2)cc1)c1nc2ccccc2s1. The molecule has 2 aromatic heterocycles. The number of anilines is 2. The summed E-state index contributed by atoms with van der Waals surface area (Å²) in [7, 11) is 0. The summed E-state index contributed by atoms with van der Waals surface area (Å²) >= 11 is 1.45. The molecule has 0 saturated carbocycles. The van der Waals surface area contributed by atoms with Crippen LogP contribution in [0.1, 0.15) is 10.6 Å². The van der Waals surface area contributed by atoms with Crippen LogP contribution in [0, 0.1) is 0 Å². The highest BCUT2D eigenvalue weighted by Crippen LogP contribution is 2.35. The molecule has 0 atom stereocenters. The zero-order valence-electron chi connectivity index (χ0n) is 15.8. The first-order valence-corrected chi connectivity index (χ1v) is 10.2. The molecule has 0 aliphatic heterocycles. The number of benzene rings is 3. The van der Waals surface area contributed by atoms with Crippen molar-refractivity contribution in [2.75, 3.05) is 4.90 Å². The average Bonchev–Trinajstić information content (AvgIpc) is 3.46. The third-order valence-corrected chi connectivity index (χ3v) is 5.50. The molecule has 0 aliphatic carbocycles. The molecule has 0 bridgehead atoms. The average molecular weight is 412 g/mol. The first-order chi connectivity index (χ1) is 14.8. The van der Waals surface area contributed by atoms with E-state index in [2.05, 4.69) is 4.98 Å². The molecule has 6 heteroatoms. The first kappa shape index (κ1) is 18.1. The summed E-state index contributed by atoms with van der Waals surface area (Å²) in [6, 6.07) is 28.0. The Bertz CT molecular complexity index is 1250. The molecule has 0 saturated heterocycles. The fraction of sp³-hybridized carbons (Fsp3) is 0. The van der Waals surface area contributed by atoms with E-state index in [1.165, 1.54) is 17.6 Å². The summed E-state index contributed by atoms with van der Waals surface area (Å²) in [6.07, 6.45) is 1.49. The maximum atomic E-state index is 13.2.